The van der Waals surface area contributed by atoms with E-state index in [-0.39, 0.29) is 16.7 Å². The molecule has 0 heterocycles. The maximum absolute atomic E-state index is 16.0. The van der Waals surface area contributed by atoms with E-state index in [1.165, 1.54) is 24.3 Å². The lowest BCUT2D eigenvalue weighted by Crippen LogP contribution is -2.57. The molecule has 0 aliphatic heterocycles. The number of hydrogen-bond acceptors (Lipinski definition) is 12. The molecule has 0 spiro atoms. The number of rotatable bonds is 25. The summed E-state index contributed by atoms with van der Waals surface area (Å²) in [5.41, 5.74) is 5.72. The number of nitrogens with zero attached hydrogens (tertiary/aromatic N) is 3. The van der Waals surface area contributed by atoms with Crippen molar-refractivity contribution in [1.29, 1.82) is 0 Å². The molecule has 0 aromatic heterocycles. The molecule has 2 aliphatic rings. The van der Waals surface area contributed by atoms with Crippen LogP contribution in [0.3, 0.4) is 0 Å². The zero-order valence-corrected chi connectivity index (χ0v) is 39.7. The number of alkyl carbamates (subject to hydrolysis) is 1. The zero-order valence-electron chi connectivity index (χ0n) is 39.7. The molecule has 7 N–H and O–H groups in total. The fourth-order valence-electron chi connectivity index (χ4n) is 7.20. The number of benzene rings is 2. The van der Waals surface area contributed by atoms with Gasteiger partial charge in [-0.3, -0.25) is 19.8 Å². The van der Waals surface area contributed by atoms with E-state index in [0.717, 1.165) is 12.4 Å². The minimum atomic E-state index is -5.19. The summed E-state index contributed by atoms with van der Waals surface area (Å²) < 4.78 is 181. The van der Waals surface area contributed by atoms with Crippen molar-refractivity contribution in [2.75, 3.05) is 6.54 Å². The van der Waals surface area contributed by atoms with Crippen molar-refractivity contribution < 1.29 is 86.4 Å². The van der Waals surface area contributed by atoms with Gasteiger partial charge in [-0.15, -0.1) is 0 Å². The minimum Gasteiger partial charge on any atom is -0.462 e. The predicted molar refractivity (Wildman–Crippen MR) is 241 cm³/mol. The lowest BCUT2D eigenvalue weighted by molar-refractivity contribution is -0.231. The highest BCUT2D eigenvalue weighted by atomic mass is 19.4. The van der Waals surface area contributed by atoms with Gasteiger partial charge in [0.25, 0.3) is 0 Å². The Kier molecular flexibility index (Phi) is 20.1. The Bertz CT molecular complexity index is 2360. The third-order valence-corrected chi connectivity index (χ3v) is 12.2. The van der Waals surface area contributed by atoms with Crippen molar-refractivity contribution in [1.82, 2.24) is 15.8 Å². The smallest absolute Gasteiger partial charge is 0.408 e. The Morgan fingerprint density at radius 3 is 1.73 bits per heavy atom. The van der Waals surface area contributed by atoms with Crippen molar-refractivity contribution >= 4 is 47.3 Å². The number of aliphatic hydroxyl groups excluding tert-OH is 1. The standard InChI is InChI=1S/C47H55F12N7O7/c1-44(2,46(54,55)56)33(17-38(69)72-30-9-10-30)40(70)65-66(22-32-34(48)14-26(15-35(32)49)29(19-61)21-63-42(52)53)23-37(68)27(13-24-5-7-25(8-6-24)28(18-60)20-62-41(50)51)16-36(67)39(45(3,4)47(57,58)59)64-43(71)73-31-11-12-31/h5-8,14-15,18-21,27,30-31,33,37,39,41-42,68H,9-13,16-17,22-23,60-61H2,1-4H3,(H,64,71)(H,65,70)/t27-,33-,37+,39-/m1/s1. The number of carbonyl (C=O) groups excluding carboxylic acids is 4. The number of ketones is 1. The first-order valence-corrected chi connectivity index (χ1v) is 22.5. The summed E-state index contributed by atoms with van der Waals surface area (Å²) in [5.74, 6) is -11.0. The lowest BCUT2D eigenvalue weighted by Gasteiger charge is -2.37. The van der Waals surface area contributed by atoms with E-state index >= 15 is 8.78 Å². The number of ether oxygens (including phenoxy) is 2. The van der Waals surface area contributed by atoms with Crippen molar-refractivity contribution in [2.24, 2.45) is 44.1 Å². The molecule has 73 heavy (non-hydrogen) atoms. The number of nitrogens with two attached hydrogens (primary N) is 2. The molecule has 2 fully saturated rings. The minimum absolute atomic E-state index is 0.00300. The molecule has 4 rings (SSSR count). The lowest BCUT2D eigenvalue weighted by atomic mass is 9.75. The summed E-state index contributed by atoms with van der Waals surface area (Å²) in [5, 5.41) is 14.6. The van der Waals surface area contributed by atoms with Crippen LogP contribution in [-0.4, -0.2) is 103 Å². The average Bonchev–Trinajstić information content (AvgIpc) is 4.24. The molecule has 2 aromatic rings. The third kappa shape index (κ3) is 16.9. The van der Waals surface area contributed by atoms with Crippen LogP contribution < -0.4 is 22.2 Å². The first-order valence-electron chi connectivity index (χ1n) is 22.5. The van der Waals surface area contributed by atoms with Crippen LogP contribution in [0.2, 0.25) is 0 Å². The number of aliphatic hydroxyl groups is 1. The van der Waals surface area contributed by atoms with E-state index in [0.29, 0.717) is 82.9 Å². The Labute approximate surface area is 411 Å². The maximum atomic E-state index is 16.0. The van der Waals surface area contributed by atoms with Gasteiger partial charge in [-0.1, -0.05) is 38.1 Å². The van der Waals surface area contributed by atoms with Gasteiger partial charge in [0.1, 0.15) is 29.9 Å². The number of carbonyl (C=O) groups is 4. The van der Waals surface area contributed by atoms with Crippen LogP contribution in [-0.2, 0) is 36.8 Å². The topological polar surface area (TPSA) is 211 Å². The average molecular weight is 1060 g/mol. The van der Waals surface area contributed by atoms with Crippen LogP contribution in [0.25, 0.3) is 11.1 Å². The van der Waals surface area contributed by atoms with Gasteiger partial charge in [-0.25, -0.2) is 28.6 Å². The number of esters is 1. The van der Waals surface area contributed by atoms with Gasteiger partial charge in [0, 0.05) is 61.0 Å². The normalized spacial score (nSPS) is 17.0. The second-order valence-corrected chi connectivity index (χ2v) is 18.6. The number of amides is 2. The molecule has 0 saturated heterocycles. The van der Waals surface area contributed by atoms with Gasteiger partial charge >= 0.3 is 37.5 Å². The first kappa shape index (κ1) is 59.4. The molecule has 2 amide bonds. The largest absolute Gasteiger partial charge is 0.462 e. The zero-order chi connectivity index (χ0) is 54.8. The number of nitrogens with one attached hydrogen (secondary N) is 2. The monoisotopic (exact) mass is 1060 g/mol. The highest BCUT2D eigenvalue weighted by Gasteiger charge is 2.57. The first-order chi connectivity index (χ1) is 33.9. The van der Waals surface area contributed by atoms with Gasteiger partial charge in [-0.05, 0) is 80.7 Å². The number of hydrazine groups is 1. The SMILES string of the molecule is CC(C)([C@H](CC(=O)OC1CC1)C(=O)NN(Cc1c(F)cc(C(C=NC(F)F)=CN)cc1F)C[C@H](O)[C@@H](CC(=O)[C@@H](NC(=O)OC1CC1)C(C)(C)C(F)(F)F)Cc1ccc(C(C=NC(F)F)=CN)cc1)C(F)(F)F. The third-order valence-electron chi connectivity index (χ3n) is 12.2. The number of alkyl halides is 10. The summed E-state index contributed by atoms with van der Waals surface area (Å²) in [4.78, 5) is 59.8. The highest BCUT2D eigenvalue weighted by Crippen LogP contribution is 2.46. The Morgan fingerprint density at radius 1 is 0.767 bits per heavy atom. The van der Waals surface area contributed by atoms with E-state index in [4.69, 9.17) is 20.9 Å². The van der Waals surface area contributed by atoms with Gasteiger partial charge in [-0.2, -0.15) is 43.9 Å². The van der Waals surface area contributed by atoms with E-state index in [1.54, 1.807) is 0 Å². The summed E-state index contributed by atoms with van der Waals surface area (Å²) in [6.07, 6.45) is -13.3. The van der Waals surface area contributed by atoms with E-state index < -0.39 is 157 Å². The van der Waals surface area contributed by atoms with Crippen LogP contribution in [0.4, 0.5) is 57.5 Å². The summed E-state index contributed by atoms with van der Waals surface area (Å²) >= 11 is 0. The van der Waals surface area contributed by atoms with Gasteiger partial charge < -0.3 is 31.4 Å². The van der Waals surface area contributed by atoms with Crippen LogP contribution in [0, 0.1) is 34.3 Å². The van der Waals surface area contributed by atoms with Crippen molar-refractivity contribution in [3.63, 3.8) is 0 Å². The maximum Gasteiger partial charge on any atom is 0.408 e. The molecule has 0 unspecified atom stereocenters. The molecule has 2 aromatic carbocycles. The fraction of sp³-hybridized carbons (Fsp3) is 0.532. The second kappa shape index (κ2) is 24.7. The second-order valence-electron chi connectivity index (χ2n) is 18.6. The quantitative estimate of drug-likeness (QED) is 0.0211. The van der Waals surface area contributed by atoms with Crippen molar-refractivity contribution in [2.45, 2.75) is 129 Å². The number of hydrogen-bond donors (Lipinski definition) is 5. The predicted octanol–water partition coefficient (Wildman–Crippen LogP) is 8.31. The Morgan fingerprint density at radius 2 is 1.26 bits per heavy atom. The number of halogens is 12. The van der Waals surface area contributed by atoms with Gasteiger partial charge in [0.05, 0.1) is 29.3 Å². The highest BCUT2D eigenvalue weighted by molar-refractivity contribution is 6.10. The fourth-order valence-corrected chi connectivity index (χ4v) is 7.20. The summed E-state index contributed by atoms with van der Waals surface area (Å²) in [6, 6.07) is 4.18. The molecule has 26 heteroatoms. The molecule has 0 bridgehead atoms. The Hall–Kier alpha value is -6.18. The molecule has 2 aliphatic carbocycles. The van der Waals surface area contributed by atoms with Crippen molar-refractivity contribution in [3.8, 4) is 0 Å². The number of aliphatic imine (C=N–C) groups is 2. The Balaban J connectivity index is 1.84. The van der Waals surface area contributed by atoms with E-state index in [9.17, 15) is 68.2 Å². The number of allylic oxidation sites excluding steroid dienone is 2. The van der Waals surface area contributed by atoms with Crippen LogP contribution in [0.5, 0.6) is 0 Å². The van der Waals surface area contributed by atoms with Crippen LogP contribution in [0.15, 0.2) is 58.8 Å². The van der Waals surface area contributed by atoms with Gasteiger partial charge in [0.2, 0.25) is 5.91 Å². The summed E-state index contributed by atoms with van der Waals surface area (Å²) in [7, 11) is 0. The molecule has 2 saturated carbocycles. The van der Waals surface area contributed by atoms with Crippen LogP contribution in [0.1, 0.15) is 88.5 Å². The van der Waals surface area contributed by atoms with Gasteiger partial charge in [0.15, 0.2) is 5.78 Å². The van der Waals surface area contributed by atoms with E-state index in [1.807, 2.05) is 5.32 Å². The summed E-state index contributed by atoms with van der Waals surface area (Å²) in [6.45, 7) is -6.21. The molecular formula is C47H55F12N7O7. The molecule has 404 valence electrons. The molecule has 4 atom stereocenters. The van der Waals surface area contributed by atoms with Crippen LogP contribution >= 0.6 is 0 Å². The number of Topliss-reactive ketones (excluding diaryl/α,β-unsaturated/α-hetero) is 1. The molecule has 14 nitrogen and oxygen atoms in total. The van der Waals surface area contributed by atoms with Crippen molar-refractivity contribution in [3.05, 3.63) is 82.7 Å². The molecular weight excluding hydrogens is 1000 g/mol. The molecule has 0 radical (unpaired) electrons. The van der Waals surface area contributed by atoms with E-state index in [2.05, 4.69) is 15.4 Å².